The zero-order chi connectivity index (χ0) is 41.4. The van der Waals surface area contributed by atoms with E-state index < -0.39 is 17.9 Å². The highest BCUT2D eigenvalue weighted by Crippen LogP contribution is 2.36. The largest absolute Gasteiger partial charge is 0.497 e. The first-order valence-electron chi connectivity index (χ1n) is 19.4. The number of ether oxygens (including phenoxy) is 6. The second-order valence-electron chi connectivity index (χ2n) is 13.6. The fourth-order valence-corrected chi connectivity index (χ4v) is 7.35. The summed E-state index contributed by atoms with van der Waals surface area (Å²) in [6.45, 7) is 4.62. The average Bonchev–Trinajstić information content (AvgIpc) is 3.70. The molecule has 0 saturated heterocycles. The van der Waals surface area contributed by atoms with Gasteiger partial charge in [-0.2, -0.15) is 5.10 Å². The number of unbranched alkanes of at least 4 members (excludes halogenated alkanes) is 3. The summed E-state index contributed by atoms with van der Waals surface area (Å²) in [7, 11) is 1.59. The summed E-state index contributed by atoms with van der Waals surface area (Å²) in [5.74, 6) is 0.274. The molecule has 0 N–H and O–H groups in total. The van der Waals surface area contributed by atoms with E-state index in [2.05, 4.69) is 6.58 Å². The van der Waals surface area contributed by atoms with E-state index in [0.29, 0.717) is 79.0 Å². The second kappa shape index (κ2) is 21.3. The van der Waals surface area contributed by atoms with Gasteiger partial charge in [-0.3, -0.25) is 14.4 Å². The number of anilines is 2. The summed E-state index contributed by atoms with van der Waals surface area (Å²) in [4.78, 5) is 53.7. The Hall–Kier alpha value is -6.54. The van der Waals surface area contributed by atoms with Gasteiger partial charge in [0.1, 0.15) is 28.7 Å². The van der Waals surface area contributed by atoms with Crippen LogP contribution in [0, 0.1) is 11.8 Å². The molecule has 1 aromatic heterocycles. The number of para-hydroxylation sites is 1. The molecule has 0 bridgehead atoms. The summed E-state index contributed by atoms with van der Waals surface area (Å²) in [6, 6.07) is 26.7. The van der Waals surface area contributed by atoms with Crippen LogP contribution in [-0.4, -0.2) is 55.9 Å². The minimum Gasteiger partial charge on any atom is -0.497 e. The first-order chi connectivity index (χ1) is 28.8. The lowest BCUT2D eigenvalue weighted by Gasteiger charge is -2.26. The summed E-state index contributed by atoms with van der Waals surface area (Å²) < 4.78 is 33.8. The maximum atomic E-state index is 13.5. The standard InChI is InChI=1S/C45H45N3O10S/c1-3-42(50)55-27-9-5-4-8-26-54-36-20-22-37(23-21-36)57-43(51)31-12-14-32(15-13-31)44(52)58-40-25-24-38(56-30-49)28-33(40)29-46-48(34-16-18-35(53-2)19-17-34)45-47-39-10-6-7-11-41(39)59-45/h3,6-7,10-11,16-25,28-32H,1,4-5,8-9,12-15,26-27H2,2H3/b46-29+/t31-,32-. The number of hydrogen-bond donors (Lipinski definition) is 0. The molecule has 4 aromatic carbocycles. The smallest absolute Gasteiger partial charge is 0.330 e. The van der Waals surface area contributed by atoms with Crippen molar-refractivity contribution in [1.29, 1.82) is 0 Å². The monoisotopic (exact) mass is 819 g/mol. The number of benzene rings is 4. The molecule has 1 aliphatic rings. The zero-order valence-corrected chi connectivity index (χ0v) is 33.5. The number of hydrazone groups is 1. The fourth-order valence-electron chi connectivity index (χ4n) is 6.41. The van der Waals surface area contributed by atoms with Gasteiger partial charge in [0.2, 0.25) is 5.13 Å². The Balaban J connectivity index is 1.03. The third kappa shape index (κ3) is 12.0. The average molecular weight is 820 g/mol. The first kappa shape index (κ1) is 42.1. The van der Waals surface area contributed by atoms with Crippen molar-refractivity contribution in [3.05, 3.63) is 109 Å². The third-order valence-corrected chi connectivity index (χ3v) is 10.6. The van der Waals surface area contributed by atoms with Crippen molar-refractivity contribution in [3.63, 3.8) is 0 Å². The first-order valence-corrected chi connectivity index (χ1v) is 20.2. The minimum absolute atomic E-state index is 0.230. The van der Waals surface area contributed by atoms with Crippen LogP contribution >= 0.6 is 11.3 Å². The molecule has 14 heteroatoms. The highest BCUT2D eigenvalue weighted by atomic mass is 32.1. The topological polar surface area (TPSA) is 152 Å². The summed E-state index contributed by atoms with van der Waals surface area (Å²) in [5, 5.41) is 7.06. The number of methoxy groups -OCH3 is 1. The van der Waals surface area contributed by atoms with Crippen LogP contribution in [0.4, 0.5) is 10.8 Å². The van der Waals surface area contributed by atoms with Gasteiger partial charge in [0.05, 0.1) is 54.3 Å². The van der Waals surface area contributed by atoms with Gasteiger partial charge in [0.15, 0.2) is 0 Å². The van der Waals surface area contributed by atoms with E-state index >= 15 is 0 Å². The van der Waals surface area contributed by atoms with Gasteiger partial charge in [-0.15, -0.1) is 0 Å². The maximum absolute atomic E-state index is 13.5. The van der Waals surface area contributed by atoms with Crippen LogP contribution in [0.5, 0.6) is 28.7 Å². The number of carbonyl (C=O) groups is 4. The molecule has 1 heterocycles. The second-order valence-corrected chi connectivity index (χ2v) is 14.6. The van der Waals surface area contributed by atoms with E-state index in [-0.39, 0.29) is 23.4 Å². The highest BCUT2D eigenvalue weighted by Gasteiger charge is 2.32. The van der Waals surface area contributed by atoms with E-state index in [1.165, 1.54) is 23.6 Å². The van der Waals surface area contributed by atoms with E-state index in [4.69, 9.17) is 38.5 Å². The molecule has 0 amide bonds. The molecule has 0 atom stereocenters. The number of esters is 3. The molecule has 59 heavy (non-hydrogen) atoms. The van der Waals surface area contributed by atoms with Crippen LogP contribution < -0.4 is 28.7 Å². The van der Waals surface area contributed by atoms with Crippen LogP contribution in [0.1, 0.15) is 56.9 Å². The predicted molar refractivity (Wildman–Crippen MR) is 224 cm³/mol. The van der Waals surface area contributed by atoms with Crippen LogP contribution in [0.15, 0.2) is 109 Å². The van der Waals surface area contributed by atoms with Gasteiger partial charge in [-0.05, 0) is 130 Å². The lowest BCUT2D eigenvalue weighted by Crippen LogP contribution is -2.30. The van der Waals surface area contributed by atoms with Crippen molar-refractivity contribution in [2.75, 3.05) is 25.3 Å². The molecule has 6 rings (SSSR count). The molecule has 306 valence electrons. The van der Waals surface area contributed by atoms with Gasteiger partial charge < -0.3 is 28.4 Å². The Morgan fingerprint density at radius 2 is 1.44 bits per heavy atom. The van der Waals surface area contributed by atoms with Crippen LogP contribution in [0.25, 0.3) is 10.2 Å². The Morgan fingerprint density at radius 3 is 2.12 bits per heavy atom. The van der Waals surface area contributed by atoms with E-state index in [0.717, 1.165) is 42.0 Å². The predicted octanol–water partition coefficient (Wildman–Crippen LogP) is 9.00. The molecular weight excluding hydrogens is 775 g/mol. The molecule has 1 fully saturated rings. The number of rotatable bonds is 20. The van der Waals surface area contributed by atoms with Crippen LogP contribution in [-0.2, 0) is 23.9 Å². The fraction of sp³-hybridized carbons (Fsp3) is 0.289. The molecule has 0 radical (unpaired) electrons. The van der Waals surface area contributed by atoms with Crippen LogP contribution in [0.3, 0.4) is 0 Å². The number of nitrogens with zero attached hydrogens (tertiary/aromatic N) is 3. The van der Waals surface area contributed by atoms with Gasteiger partial charge in [0, 0.05) is 11.6 Å². The molecule has 0 aliphatic heterocycles. The van der Waals surface area contributed by atoms with Gasteiger partial charge in [-0.25, -0.2) is 14.8 Å². The van der Waals surface area contributed by atoms with Gasteiger partial charge >= 0.3 is 17.9 Å². The van der Waals surface area contributed by atoms with Gasteiger partial charge in [0.25, 0.3) is 6.47 Å². The van der Waals surface area contributed by atoms with Crippen molar-refractivity contribution in [1.82, 2.24) is 4.98 Å². The summed E-state index contributed by atoms with van der Waals surface area (Å²) >= 11 is 1.46. The van der Waals surface area contributed by atoms with Crippen LogP contribution in [0.2, 0.25) is 0 Å². The quantitative estimate of drug-likeness (QED) is 0.0140. The Labute approximate surface area is 346 Å². The minimum atomic E-state index is -0.432. The Kier molecular flexibility index (Phi) is 15.2. The van der Waals surface area contributed by atoms with E-state index in [1.807, 2.05) is 48.5 Å². The zero-order valence-electron chi connectivity index (χ0n) is 32.7. The number of hydrogen-bond acceptors (Lipinski definition) is 14. The normalized spacial score (nSPS) is 14.9. The molecule has 1 aliphatic carbocycles. The molecule has 5 aromatic rings. The SMILES string of the molecule is C=CC(=O)OCCCCCCOc1ccc(OC(=O)[C@H]2CC[C@H](C(=O)Oc3ccc(OC=O)cc3/C=N/N(c3ccc(OC)cc3)c3nc4ccccc4s3)CC2)cc1. The molecule has 1 saturated carbocycles. The number of fused-ring (bicyclic) bond motifs is 1. The van der Waals surface area contributed by atoms with Crippen molar-refractivity contribution < 1.29 is 47.6 Å². The van der Waals surface area contributed by atoms with E-state index in [1.54, 1.807) is 48.5 Å². The summed E-state index contributed by atoms with van der Waals surface area (Å²) in [6.07, 6.45) is 8.03. The lowest BCUT2D eigenvalue weighted by molar-refractivity contribution is -0.145. The molecule has 0 unspecified atom stereocenters. The molecular formula is C45H45N3O10S. The number of thiazole rings is 1. The Bertz CT molecular complexity index is 2200. The van der Waals surface area contributed by atoms with Crippen molar-refractivity contribution in [2.24, 2.45) is 16.9 Å². The van der Waals surface area contributed by atoms with Gasteiger partial charge in [-0.1, -0.05) is 30.0 Å². The van der Waals surface area contributed by atoms with E-state index in [9.17, 15) is 19.2 Å². The maximum Gasteiger partial charge on any atom is 0.330 e. The number of aromatic nitrogens is 1. The number of carbonyl (C=O) groups excluding carboxylic acids is 4. The summed E-state index contributed by atoms with van der Waals surface area (Å²) in [5.41, 5.74) is 1.93. The molecule has 13 nitrogen and oxygen atoms in total. The molecule has 0 spiro atoms. The van der Waals surface area contributed by atoms with Crippen molar-refractivity contribution >= 4 is 63.0 Å². The Morgan fingerprint density at radius 1 is 0.797 bits per heavy atom. The van der Waals surface area contributed by atoms with Crippen molar-refractivity contribution in [3.8, 4) is 28.7 Å². The van der Waals surface area contributed by atoms with Crippen molar-refractivity contribution in [2.45, 2.75) is 51.4 Å². The third-order valence-electron chi connectivity index (χ3n) is 9.62. The lowest BCUT2D eigenvalue weighted by atomic mass is 9.82. The highest BCUT2D eigenvalue weighted by molar-refractivity contribution is 7.22.